The van der Waals surface area contributed by atoms with E-state index in [0.717, 1.165) is 18.5 Å². The molecule has 4 heteroatoms. The maximum Gasteiger partial charge on any atom is 0.304 e. The van der Waals surface area contributed by atoms with Gasteiger partial charge in [-0.3, -0.25) is 14.7 Å². The molecule has 0 amide bonds. The van der Waals surface area contributed by atoms with Crippen molar-refractivity contribution in [1.29, 1.82) is 0 Å². The van der Waals surface area contributed by atoms with Crippen molar-refractivity contribution in [2.45, 2.75) is 51.2 Å². The Morgan fingerprint density at radius 1 is 1.25 bits per heavy atom. The first-order valence-corrected chi connectivity index (χ1v) is 9.93. The Hall–Kier alpha value is -2.64. The summed E-state index contributed by atoms with van der Waals surface area (Å²) in [5.74, 6) is 6.24. The van der Waals surface area contributed by atoms with Gasteiger partial charge in [0.05, 0.1) is 6.54 Å². The molecule has 4 nitrogen and oxygen atoms in total. The molecule has 0 unspecified atom stereocenters. The van der Waals surface area contributed by atoms with Crippen LogP contribution in [0.3, 0.4) is 0 Å². The topological polar surface area (TPSA) is 42.4 Å². The van der Waals surface area contributed by atoms with Crippen LogP contribution in [-0.4, -0.2) is 34.5 Å². The van der Waals surface area contributed by atoms with Gasteiger partial charge in [0, 0.05) is 31.8 Å². The SMILES string of the molecule is CC(=O)O[C@](C)(C#CCN1CCCC[C@@H]1c1cccnc1)Cc1ccccc1. The van der Waals surface area contributed by atoms with Crippen molar-refractivity contribution in [2.24, 2.45) is 0 Å². The first-order chi connectivity index (χ1) is 13.6. The van der Waals surface area contributed by atoms with Crippen LogP contribution in [0.25, 0.3) is 0 Å². The molecule has 3 rings (SSSR count). The fourth-order valence-electron chi connectivity index (χ4n) is 3.87. The van der Waals surface area contributed by atoms with E-state index in [2.05, 4.69) is 27.8 Å². The van der Waals surface area contributed by atoms with E-state index in [-0.39, 0.29) is 5.97 Å². The predicted octanol–water partition coefficient (Wildman–Crippen LogP) is 4.18. The third-order valence-corrected chi connectivity index (χ3v) is 5.07. The maximum atomic E-state index is 11.6. The van der Waals surface area contributed by atoms with Gasteiger partial charge in [-0.05, 0) is 43.5 Å². The molecule has 28 heavy (non-hydrogen) atoms. The normalized spacial score (nSPS) is 19.1. The van der Waals surface area contributed by atoms with Crippen LogP contribution < -0.4 is 0 Å². The minimum Gasteiger partial charge on any atom is -0.446 e. The zero-order valence-corrected chi connectivity index (χ0v) is 16.7. The van der Waals surface area contributed by atoms with Gasteiger partial charge in [0.15, 0.2) is 5.60 Å². The number of nitrogens with zero attached hydrogens (tertiary/aromatic N) is 2. The lowest BCUT2D eigenvalue weighted by atomic mass is 9.95. The van der Waals surface area contributed by atoms with Gasteiger partial charge in [-0.2, -0.15) is 0 Å². The molecule has 2 aromatic rings. The van der Waals surface area contributed by atoms with Gasteiger partial charge >= 0.3 is 5.97 Å². The molecule has 2 atom stereocenters. The van der Waals surface area contributed by atoms with Crippen molar-refractivity contribution in [3.8, 4) is 11.8 Å². The summed E-state index contributed by atoms with van der Waals surface area (Å²) in [5, 5.41) is 0. The fourth-order valence-corrected chi connectivity index (χ4v) is 3.87. The van der Waals surface area contributed by atoms with Gasteiger partial charge in [-0.25, -0.2) is 0 Å². The molecule has 1 aromatic heterocycles. The quantitative estimate of drug-likeness (QED) is 0.580. The minimum atomic E-state index is -0.827. The summed E-state index contributed by atoms with van der Waals surface area (Å²) in [6, 6.07) is 14.5. The van der Waals surface area contributed by atoms with Gasteiger partial charge in [-0.1, -0.05) is 54.7 Å². The zero-order chi connectivity index (χ0) is 19.8. The van der Waals surface area contributed by atoms with Crippen molar-refractivity contribution in [3.63, 3.8) is 0 Å². The van der Waals surface area contributed by atoms with Crippen LogP contribution >= 0.6 is 0 Å². The van der Waals surface area contributed by atoms with Crippen LogP contribution in [0, 0.1) is 11.8 Å². The molecule has 1 aliphatic rings. The van der Waals surface area contributed by atoms with E-state index in [1.165, 1.54) is 25.3 Å². The Kier molecular flexibility index (Phi) is 6.84. The molecule has 146 valence electrons. The molecular formula is C24H28N2O2. The molecular weight excluding hydrogens is 348 g/mol. The number of aromatic nitrogens is 1. The molecule has 1 aromatic carbocycles. The molecule has 1 aliphatic heterocycles. The lowest BCUT2D eigenvalue weighted by Gasteiger charge is -2.34. The lowest BCUT2D eigenvalue weighted by molar-refractivity contribution is -0.150. The maximum absolute atomic E-state index is 11.6. The number of benzene rings is 1. The molecule has 0 bridgehead atoms. The second-order valence-corrected chi connectivity index (χ2v) is 7.56. The molecule has 0 aliphatic carbocycles. The molecule has 0 N–H and O–H groups in total. The smallest absolute Gasteiger partial charge is 0.304 e. The summed E-state index contributed by atoms with van der Waals surface area (Å²) in [7, 11) is 0. The highest BCUT2D eigenvalue weighted by Crippen LogP contribution is 2.29. The highest BCUT2D eigenvalue weighted by atomic mass is 16.6. The predicted molar refractivity (Wildman–Crippen MR) is 110 cm³/mol. The molecule has 0 spiro atoms. The summed E-state index contributed by atoms with van der Waals surface area (Å²) in [6.07, 6.45) is 7.87. The lowest BCUT2D eigenvalue weighted by Crippen LogP contribution is -2.35. The Morgan fingerprint density at radius 2 is 2.07 bits per heavy atom. The summed E-state index contributed by atoms with van der Waals surface area (Å²) in [6.45, 7) is 5.01. The molecule has 0 radical (unpaired) electrons. The Bertz CT molecular complexity index is 826. The second kappa shape index (κ2) is 9.52. The van der Waals surface area contributed by atoms with Gasteiger partial charge in [0.2, 0.25) is 0 Å². The number of ether oxygens (including phenoxy) is 1. The first kappa shape index (κ1) is 20.1. The van der Waals surface area contributed by atoms with E-state index < -0.39 is 5.60 Å². The van der Waals surface area contributed by atoms with E-state index in [1.807, 2.05) is 55.7 Å². The van der Waals surface area contributed by atoms with Crippen molar-refractivity contribution in [1.82, 2.24) is 9.88 Å². The number of pyridine rings is 1. The number of carbonyl (C=O) groups is 1. The molecule has 1 fully saturated rings. The third kappa shape index (κ3) is 5.68. The highest BCUT2D eigenvalue weighted by molar-refractivity contribution is 5.67. The summed E-state index contributed by atoms with van der Waals surface area (Å²) in [5.41, 5.74) is 1.52. The Balaban J connectivity index is 1.73. The summed E-state index contributed by atoms with van der Waals surface area (Å²) in [4.78, 5) is 18.3. The van der Waals surface area contributed by atoms with Gasteiger partial charge in [0.1, 0.15) is 0 Å². The number of hydrogen-bond donors (Lipinski definition) is 0. The molecule has 0 saturated carbocycles. The van der Waals surface area contributed by atoms with Crippen LogP contribution in [-0.2, 0) is 16.0 Å². The van der Waals surface area contributed by atoms with Crippen LogP contribution in [0.2, 0.25) is 0 Å². The van der Waals surface area contributed by atoms with Crippen molar-refractivity contribution in [3.05, 3.63) is 66.0 Å². The monoisotopic (exact) mass is 376 g/mol. The number of likely N-dealkylation sites (tertiary alicyclic amines) is 1. The third-order valence-electron chi connectivity index (χ3n) is 5.07. The molecule has 2 heterocycles. The fraction of sp³-hybridized carbons (Fsp3) is 0.417. The van der Waals surface area contributed by atoms with E-state index in [4.69, 9.17) is 4.74 Å². The van der Waals surface area contributed by atoms with Crippen molar-refractivity contribution >= 4 is 5.97 Å². The number of piperidine rings is 1. The number of esters is 1. The summed E-state index contributed by atoms with van der Waals surface area (Å²) < 4.78 is 5.60. The standard InChI is InChI=1S/C24H28N2O2/c1-20(27)28-24(2,18-21-10-4-3-5-11-21)14-9-17-26-16-7-6-13-23(26)22-12-8-15-25-19-22/h3-5,8,10-12,15,19,23H,6-7,13,16-18H2,1-2H3/t23-,24-/m1/s1. The van der Waals surface area contributed by atoms with Crippen molar-refractivity contribution < 1.29 is 9.53 Å². The number of hydrogen-bond acceptors (Lipinski definition) is 4. The Labute approximate surface area is 167 Å². The second-order valence-electron chi connectivity index (χ2n) is 7.56. The average Bonchev–Trinajstić information content (AvgIpc) is 2.69. The van der Waals surface area contributed by atoms with E-state index in [9.17, 15) is 4.79 Å². The van der Waals surface area contributed by atoms with E-state index >= 15 is 0 Å². The number of carbonyl (C=O) groups excluding carboxylic acids is 1. The van der Waals surface area contributed by atoms with Gasteiger partial charge < -0.3 is 4.74 Å². The summed E-state index contributed by atoms with van der Waals surface area (Å²) >= 11 is 0. The van der Waals surface area contributed by atoms with Crippen LogP contribution in [0.15, 0.2) is 54.9 Å². The van der Waals surface area contributed by atoms with Crippen molar-refractivity contribution in [2.75, 3.05) is 13.1 Å². The zero-order valence-electron chi connectivity index (χ0n) is 16.7. The highest BCUT2D eigenvalue weighted by Gasteiger charge is 2.27. The largest absolute Gasteiger partial charge is 0.446 e. The van der Waals surface area contributed by atoms with E-state index in [1.54, 1.807) is 0 Å². The Morgan fingerprint density at radius 3 is 2.79 bits per heavy atom. The van der Waals surface area contributed by atoms with Crippen LogP contribution in [0.4, 0.5) is 0 Å². The molecule has 1 saturated heterocycles. The van der Waals surface area contributed by atoms with Crippen LogP contribution in [0.1, 0.15) is 50.3 Å². The minimum absolute atomic E-state index is 0.307. The average molecular weight is 377 g/mol. The van der Waals surface area contributed by atoms with Gasteiger partial charge in [0.25, 0.3) is 0 Å². The first-order valence-electron chi connectivity index (χ1n) is 9.93. The van der Waals surface area contributed by atoms with E-state index in [0.29, 0.717) is 19.0 Å². The van der Waals surface area contributed by atoms with Crippen LogP contribution in [0.5, 0.6) is 0 Å². The number of rotatable bonds is 5. The van der Waals surface area contributed by atoms with Gasteiger partial charge in [-0.15, -0.1) is 0 Å².